The van der Waals surface area contributed by atoms with Gasteiger partial charge in [-0.1, -0.05) is 18.2 Å². The standard InChI is InChI=1S/C14H10BrF2NO/c15-12-4-2-1-3-11(12)14(19)18-8-9-5-6-10(16)7-13(9)17/h1-7H,8H2,(H,18,19). The molecular weight excluding hydrogens is 316 g/mol. The lowest BCUT2D eigenvalue weighted by molar-refractivity contribution is 0.0950. The van der Waals surface area contributed by atoms with Gasteiger partial charge in [0.2, 0.25) is 0 Å². The van der Waals surface area contributed by atoms with E-state index >= 15 is 0 Å². The first-order valence-corrected chi connectivity index (χ1v) is 6.34. The van der Waals surface area contributed by atoms with Crippen molar-refractivity contribution >= 4 is 21.8 Å². The van der Waals surface area contributed by atoms with Crippen LogP contribution in [0.1, 0.15) is 15.9 Å². The summed E-state index contributed by atoms with van der Waals surface area (Å²) in [6.07, 6.45) is 0. The highest BCUT2D eigenvalue weighted by Gasteiger charge is 2.10. The van der Waals surface area contributed by atoms with E-state index in [9.17, 15) is 13.6 Å². The van der Waals surface area contributed by atoms with E-state index in [1.165, 1.54) is 6.07 Å². The zero-order chi connectivity index (χ0) is 13.8. The Balaban J connectivity index is 2.07. The van der Waals surface area contributed by atoms with Crippen LogP contribution in [0.3, 0.4) is 0 Å². The summed E-state index contributed by atoms with van der Waals surface area (Å²) >= 11 is 3.26. The van der Waals surface area contributed by atoms with Crippen molar-refractivity contribution in [3.63, 3.8) is 0 Å². The molecule has 0 atom stereocenters. The molecule has 2 nitrogen and oxygen atoms in total. The number of hydrogen-bond donors (Lipinski definition) is 1. The first kappa shape index (κ1) is 13.7. The number of hydrogen-bond acceptors (Lipinski definition) is 1. The maximum absolute atomic E-state index is 13.4. The number of carbonyl (C=O) groups is 1. The van der Waals surface area contributed by atoms with Crippen LogP contribution in [0.25, 0.3) is 0 Å². The molecule has 2 rings (SSSR count). The second-order valence-electron chi connectivity index (χ2n) is 3.90. The van der Waals surface area contributed by atoms with Crippen molar-refractivity contribution in [3.05, 3.63) is 69.7 Å². The number of rotatable bonds is 3. The SMILES string of the molecule is O=C(NCc1ccc(F)cc1F)c1ccccc1Br. The second-order valence-corrected chi connectivity index (χ2v) is 4.75. The molecule has 0 aliphatic heterocycles. The van der Waals surface area contributed by atoms with Gasteiger partial charge in [-0.05, 0) is 34.1 Å². The van der Waals surface area contributed by atoms with Gasteiger partial charge in [-0.3, -0.25) is 4.79 Å². The molecule has 5 heteroatoms. The Morgan fingerprint density at radius 1 is 1.16 bits per heavy atom. The summed E-state index contributed by atoms with van der Waals surface area (Å²) in [5, 5.41) is 2.58. The molecular formula is C14H10BrF2NO. The normalized spacial score (nSPS) is 10.3. The molecule has 1 N–H and O–H groups in total. The molecule has 0 unspecified atom stereocenters. The minimum absolute atomic E-state index is 0.00623. The highest BCUT2D eigenvalue weighted by Crippen LogP contribution is 2.16. The molecule has 0 aromatic heterocycles. The molecule has 0 aliphatic rings. The Morgan fingerprint density at radius 2 is 1.89 bits per heavy atom. The Morgan fingerprint density at radius 3 is 2.58 bits per heavy atom. The number of benzene rings is 2. The van der Waals surface area contributed by atoms with E-state index in [-0.39, 0.29) is 18.0 Å². The number of carbonyl (C=O) groups excluding carboxylic acids is 1. The second kappa shape index (κ2) is 5.93. The quantitative estimate of drug-likeness (QED) is 0.916. The third-order valence-corrected chi connectivity index (χ3v) is 3.26. The number of halogens is 3. The molecule has 2 aromatic carbocycles. The van der Waals surface area contributed by atoms with Crippen LogP contribution in [0, 0.1) is 11.6 Å². The molecule has 0 saturated heterocycles. The largest absolute Gasteiger partial charge is 0.348 e. The molecule has 0 radical (unpaired) electrons. The molecule has 0 saturated carbocycles. The molecule has 0 heterocycles. The van der Waals surface area contributed by atoms with Crippen molar-refractivity contribution in [1.82, 2.24) is 5.32 Å². The van der Waals surface area contributed by atoms with Gasteiger partial charge in [-0.2, -0.15) is 0 Å². The monoisotopic (exact) mass is 325 g/mol. The lowest BCUT2D eigenvalue weighted by atomic mass is 10.2. The van der Waals surface area contributed by atoms with Crippen LogP contribution in [0.4, 0.5) is 8.78 Å². The lowest BCUT2D eigenvalue weighted by Gasteiger charge is -2.07. The fraction of sp³-hybridized carbons (Fsp3) is 0.0714. The van der Waals surface area contributed by atoms with Gasteiger partial charge < -0.3 is 5.32 Å². The third-order valence-electron chi connectivity index (χ3n) is 2.57. The first-order valence-electron chi connectivity index (χ1n) is 5.54. The smallest absolute Gasteiger partial charge is 0.252 e. The van der Waals surface area contributed by atoms with Gasteiger partial charge in [-0.25, -0.2) is 8.78 Å². The summed E-state index contributed by atoms with van der Waals surface area (Å²) < 4.78 is 26.8. The fourth-order valence-electron chi connectivity index (χ4n) is 1.58. The Kier molecular flexibility index (Phi) is 4.27. The van der Waals surface area contributed by atoms with Crippen molar-refractivity contribution in [2.24, 2.45) is 0 Å². The summed E-state index contributed by atoms with van der Waals surface area (Å²) in [4.78, 5) is 11.9. The molecule has 0 bridgehead atoms. The van der Waals surface area contributed by atoms with E-state index in [0.29, 0.717) is 10.0 Å². The highest BCUT2D eigenvalue weighted by atomic mass is 79.9. The van der Waals surface area contributed by atoms with Crippen molar-refractivity contribution in [3.8, 4) is 0 Å². The van der Waals surface area contributed by atoms with E-state index in [0.717, 1.165) is 12.1 Å². The van der Waals surface area contributed by atoms with E-state index in [2.05, 4.69) is 21.2 Å². The summed E-state index contributed by atoms with van der Waals surface area (Å²) in [6.45, 7) is 0.00623. The van der Waals surface area contributed by atoms with Crippen LogP contribution in [0.15, 0.2) is 46.9 Å². The van der Waals surface area contributed by atoms with Gasteiger partial charge >= 0.3 is 0 Å². The van der Waals surface area contributed by atoms with E-state index in [1.54, 1.807) is 24.3 Å². The van der Waals surface area contributed by atoms with E-state index in [1.807, 2.05) is 0 Å². The summed E-state index contributed by atoms with van der Waals surface area (Å²) in [6, 6.07) is 10.2. The molecule has 0 aliphatic carbocycles. The summed E-state index contributed by atoms with van der Waals surface area (Å²) in [7, 11) is 0. The maximum Gasteiger partial charge on any atom is 0.252 e. The summed E-state index contributed by atoms with van der Waals surface area (Å²) in [5.74, 6) is -1.64. The number of amides is 1. The topological polar surface area (TPSA) is 29.1 Å². The Hall–Kier alpha value is -1.75. The lowest BCUT2D eigenvalue weighted by Crippen LogP contribution is -2.23. The zero-order valence-electron chi connectivity index (χ0n) is 9.79. The Bertz CT molecular complexity index is 616. The van der Waals surface area contributed by atoms with Crippen LogP contribution < -0.4 is 5.32 Å². The third kappa shape index (κ3) is 3.38. The molecule has 1 amide bonds. The van der Waals surface area contributed by atoms with Crippen molar-refractivity contribution < 1.29 is 13.6 Å². The van der Waals surface area contributed by atoms with Crippen molar-refractivity contribution in [2.45, 2.75) is 6.54 Å². The number of nitrogens with one attached hydrogen (secondary N) is 1. The van der Waals surface area contributed by atoms with E-state index in [4.69, 9.17) is 0 Å². The molecule has 2 aromatic rings. The van der Waals surface area contributed by atoms with Gasteiger partial charge in [0.05, 0.1) is 5.56 Å². The minimum atomic E-state index is -0.674. The summed E-state index contributed by atoms with van der Waals surface area (Å²) in [5.41, 5.74) is 0.701. The highest BCUT2D eigenvalue weighted by molar-refractivity contribution is 9.10. The van der Waals surface area contributed by atoms with Crippen LogP contribution >= 0.6 is 15.9 Å². The zero-order valence-corrected chi connectivity index (χ0v) is 11.4. The van der Waals surface area contributed by atoms with Crippen LogP contribution in [0.2, 0.25) is 0 Å². The predicted molar refractivity (Wildman–Crippen MR) is 71.7 cm³/mol. The van der Waals surface area contributed by atoms with Crippen LogP contribution in [-0.2, 0) is 6.54 Å². The maximum atomic E-state index is 13.4. The molecule has 0 spiro atoms. The van der Waals surface area contributed by atoms with Gasteiger partial charge in [0, 0.05) is 22.6 Å². The van der Waals surface area contributed by atoms with Crippen LogP contribution in [0.5, 0.6) is 0 Å². The van der Waals surface area contributed by atoms with Crippen molar-refractivity contribution in [1.29, 1.82) is 0 Å². The predicted octanol–water partition coefficient (Wildman–Crippen LogP) is 3.66. The van der Waals surface area contributed by atoms with Gasteiger partial charge in [-0.15, -0.1) is 0 Å². The molecule has 0 fully saturated rings. The van der Waals surface area contributed by atoms with Crippen molar-refractivity contribution in [2.75, 3.05) is 0 Å². The van der Waals surface area contributed by atoms with Crippen LogP contribution in [-0.4, -0.2) is 5.91 Å². The van der Waals surface area contributed by atoms with Gasteiger partial charge in [0.25, 0.3) is 5.91 Å². The minimum Gasteiger partial charge on any atom is -0.348 e. The average molecular weight is 326 g/mol. The fourth-order valence-corrected chi connectivity index (χ4v) is 2.05. The Labute approximate surface area is 117 Å². The van der Waals surface area contributed by atoms with Gasteiger partial charge in [0.15, 0.2) is 0 Å². The molecule has 19 heavy (non-hydrogen) atoms. The van der Waals surface area contributed by atoms with Gasteiger partial charge in [0.1, 0.15) is 11.6 Å². The van der Waals surface area contributed by atoms with E-state index < -0.39 is 11.6 Å². The average Bonchev–Trinajstić information content (AvgIpc) is 2.38. The molecule has 98 valence electrons. The first-order chi connectivity index (χ1) is 9.08.